The largest absolute Gasteiger partial charge is 0.446 e. The van der Waals surface area contributed by atoms with E-state index >= 15 is 0 Å². The normalized spacial score (nSPS) is 11.9. The fourth-order valence-electron chi connectivity index (χ4n) is 1.32. The summed E-state index contributed by atoms with van der Waals surface area (Å²) in [4.78, 5) is 0.226. The van der Waals surface area contributed by atoms with Gasteiger partial charge in [0.2, 0.25) is 0 Å². The van der Waals surface area contributed by atoms with Gasteiger partial charge < -0.3 is 5.32 Å². The lowest BCUT2D eigenvalue weighted by Gasteiger charge is -2.13. The summed E-state index contributed by atoms with van der Waals surface area (Å²) >= 11 is -0.0763. The van der Waals surface area contributed by atoms with Crippen LogP contribution < -0.4 is 5.32 Å². The van der Waals surface area contributed by atoms with Gasteiger partial charge in [-0.05, 0) is 36.2 Å². The molecule has 17 heavy (non-hydrogen) atoms. The maximum atomic E-state index is 12.3. The third-order valence-electron chi connectivity index (χ3n) is 2.15. The molecule has 0 atom stereocenters. The summed E-state index contributed by atoms with van der Waals surface area (Å²) in [5.41, 5.74) is -3.69. The second-order valence-electron chi connectivity index (χ2n) is 4.15. The predicted molar refractivity (Wildman–Crippen MR) is 66.3 cm³/mol. The molecule has 0 spiro atoms. The first-order valence-electron chi connectivity index (χ1n) is 5.47. The number of alkyl halides is 3. The van der Waals surface area contributed by atoms with Crippen LogP contribution in [0.4, 0.5) is 18.9 Å². The van der Waals surface area contributed by atoms with Gasteiger partial charge >= 0.3 is 5.51 Å². The van der Waals surface area contributed by atoms with E-state index in [0.29, 0.717) is 18.2 Å². The zero-order valence-corrected chi connectivity index (χ0v) is 10.7. The molecule has 0 aromatic heterocycles. The highest BCUT2D eigenvalue weighted by Crippen LogP contribution is 2.40. The van der Waals surface area contributed by atoms with Crippen molar-refractivity contribution in [3.8, 4) is 0 Å². The Balaban J connectivity index is 2.64. The molecule has 1 nitrogen and oxygen atoms in total. The molecule has 1 rings (SSSR count). The van der Waals surface area contributed by atoms with Gasteiger partial charge in [0.15, 0.2) is 0 Å². The summed E-state index contributed by atoms with van der Waals surface area (Å²) in [5.74, 6) is 0.532. The third-order valence-corrected chi connectivity index (χ3v) is 2.96. The van der Waals surface area contributed by atoms with Crippen molar-refractivity contribution in [3.63, 3.8) is 0 Å². The van der Waals surface area contributed by atoms with Crippen LogP contribution >= 0.6 is 11.8 Å². The summed E-state index contributed by atoms with van der Waals surface area (Å²) in [7, 11) is 0. The second kappa shape index (κ2) is 6.19. The number of halogens is 3. The van der Waals surface area contributed by atoms with E-state index in [1.165, 1.54) is 6.07 Å². The average molecular weight is 263 g/mol. The summed E-state index contributed by atoms with van der Waals surface area (Å²) < 4.78 is 36.9. The highest BCUT2D eigenvalue weighted by molar-refractivity contribution is 8.00. The molecule has 96 valence electrons. The van der Waals surface area contributed by atoms with E-state index in [2.05, 4.69) is 19.2 Å². The van der Waals surface area contributed by atoms with Crippen molar-refractivity contribution >= 4 is 17.4 Å². The van der Waals surface area contributed by atoms with Gasteiger partial charge in [0.25, 0.3) is 0 Å². The van der Waals surface area contributed by atoms with Gasteiger partial charge in [-0.1, -0.05) is 26.0 Å². The molecule has 0 bridgehead atoms. The van der Waals surface area contributed by atoms with Crippen LogP contribution in [-0.2, 0) is 0 Å². The Morgan fingerprint density at radius 3 is 2.47 bits per heavy atom. The summed E-state index contributed by atoms with van der Waals surface area (Å²) in [6.07, 6.45) is 0.936. The van der Waals surface area contributed by atoms with Gasteiger partial charge in [0, 0.05) is 17.1 Å². The Morgan fingerprint density at radius 1 is 1.24 bits per heavy atom. The standard InChI is InChI=1S/C12H16F3NS/c1-9(2)7-8-16-10-5-3-4-6-11(10)17-12(13,14)15/h3-6,9,16H,7-8H2,1-2H3. The van der Waals surface area contributed by atoms with Crippen molar-refractivity contribution in [1.82, 2.24) is 0 Å². The summed E-state index contributed by atoms with van der Waals surface area (Å²) in [6.45, 7) is 4.85. The van der Waals surface area contributed by atoms with Crippen LogP contribution in [0, 0.1) is 5.92 Å². The van der Waals surface area contributed by atoms with Gasteiger partial charge in [-0.25, -0.2) is 0 Å². The highest BCUT2D eigenvalue weighted by Gasteiger charge is 2.30. The molecule has 0 heterocycles. The number of benzene rings is 1. The Bertz CT molecular complexity index is 350. The van der Waals surface area contributed by atoms with Gasteiger partial charge in [0.05, 0.1) is 0 Å². The smallest absolute Gasteiger partial charge is 0.384 e. The number of nitrogens with one attached hydrogen (secondary N) is 1. The first-order valence-corrected chi connectivity index (χ1v) is 6.29. The minimum Gasteiger partial charge on any atom is -0.384 e. The molecule has 0 aliphatic carbocycles. The summed E-state index contributed by atoms with van der Waals surface area (Å²) in [6, 6.07) is 6.50. The van der Waals surface area contributed by atoms with Crippen molar-refractivity contribution in [1.29, 1.82) is 0 Å². The molecule has 0 aliphatic heterocycles. The topological polar surface area (TPSA) is 12.0 Å². The fourth-order valence-corrected chi connectivity index (χ4v) is 1.97. The number of hydrogen-bond acceptors (Lipinski definition) is 2. The van der Waals surface area contributed by atoms with Crippen molar-refractivity contribution in [2.24, 2.45) is 5.92 Å². The van der Waals surface area contributed by atoms with E-state index in [1.807, 2.05) is 0 Å². The Hall–Kier alpha value is -0.840. The van der Waals surface area contributed by atoms with Crippen molar-refractivity contribution in [3.05, 3.63) is 24.3 Å². The number of para-hydroxylation sites is 1. The van der Waals surface area contributed by atoms with Crippen LogP contribution in [-0.4, -0.2) is 12.1 Å². The Morgan fingerprint density at radius 2 is 1.88 bits per heavy atom. The Labute approximate surface area is 104 Å². The van der Waals surface area contributed by atoms with Crippen molar-refractivity contribution in [2.45, 2.75) is 30.7 Å². The molecule has 0 saturated heterocycles. The molecule has 1 N–H and O–H groups in total. The van der Waals surface area contributed by atoms with Crippen LogP contribution in [0.25, 0.3) is 0 Å². The SMILES string of the molecule is CC(C)CCNc1ccccc1SC(F)(F)F. The maximum absolute atomic E-state index is 12.3. The fraction of sp³-hybridized carbons (Fsp3) is 0.500. The van der Waals surface area contributed by atoms with Gasteiger partial charge in [-0.15, -0.1) is 0 Å². The number of rotatable bonds is 5. The van der Waals surface area contributed by atoms with Gasteiger partial charge in [-0.3, -0.25) is 0 Å². The molecule has 0 aliphatic rings. The summed E-state index contributed by atoms with van der Waals surface area (Å²) in [5, 5.41) is 3.05. The average Bonchev–Trinajstić information content (AvgIpc) is 2.17. The molecular weight excluding hydrogens is 247 g/mol. The third kappa shape index (κ3) is 5.86. The highest BCUT2D eigenvalue weighted by atomic mass is 32.2. The molecule has 0 amide bonds. The molecule has 0 fully saturated rings. The van der Waals surface area contributed by atoms with Crippen LogP contribution in [0.3, 0.4) is 0 Å². The van der Waals surface area contributed by atoms with Gasteiger partial charge in [-0.2, -0.15) is 13.2 Å². The van der Waals surface area contributed by atoms with Crippen molar-refractivity contribution < 1.29 is 13.2 Å². The molecule has 0 radical (unpaired) electrons. The van der Waals surface area contributed by atoms with Gasteiger partial charge in [0.1, 0.15) is 0 Å². The first kappa shape index (κ1) is 14.2. The minimum atomic E-state index is -4.24. The lowest BCUT2D eigenvalue weighted by atomic mass is 10.1. The monoisotopic (exact) mass is 263 g/mol. The molecule has 5 heteroatoms. The lowest BCUT2D eigenvalue weighted by molar-refractivity contribution is -0.0327. The quantitative estimate of drug-likeness (QED) is 0.769. The molecular formula is C12H16F3NS. The second-order valence-corrected chi connectivity index (χ2v) is 5.26. The first-order chi connectivity index (χ1) is 7.88. The molecule has 1 aromatic rings. The van der Waals surface area contributed by atoms with E-state index in [9.17, 15) is 13.2 Å². The lowest BCUT2D eigenvalue weighted by Crippen LogP contribution is -2.07. The van der Waals surface area contributed by atoms with E-state index in [4.69, 9.17) is 0 Å². The predicted octanol–water partition coefficient (Wildman–Crippen LogP) is 4.76. The van der Waals surface area contributed by atoms with Crippen molar-refractivity contribution in [2.75, 3.05) is 11.9 Å². The van der Waals surface area contributed by atoms with Crippen LogP contribution in [0.5, 0.6) is 0 Å². The Kier molecular flexibility index (Phi) is 5.18. The number of thioether (sulfide) groups is 1. The van der Waals surface area contributed by atoms with E-state index in [1.54, 1.807) is 18.2 Å². The zero-order valence-electron chi connectivity index (χ0n) is 9.84. The van der Waals surface area contributed by atoms with E-state index in [-0.39, 0.29) is 16.7 Å². The van der Waals surface area contributed by atoms with Crippen LogP contribution in [0.1, 0.15) is 20.3 Å². The molecule has 0 saturated carbocycles. The number of hydrogen-bond donors (Lipinski definition) is 1. The minimum absolute atomic E-state index is 0.0763. The zero-order chi connectivity index (χ0) is 12.9. The maximum Gasteiger partial charge on any atom is 0.446 e. The molecule has 1 aromatic carbocycles. The van der Waals surface area contributed by atoms with Crippen LogP contribution in [0.2, 0.25) is 0 Å². The number of anilines is 1. The molecule has 0 unspecified atom stereocenters. The van der Waals surface area contributed by atoms with E-state index in [0.717, 1.165) is 6.42 Å². The van der Waals surface area contributed by atoms with E-state index < -0.39 is 5.51 Å². The van der Waals surface area contributed by atoms with Crippen LogP contribution in [0.15, 0.2) is 29.2 Å².